The molecule has 122 valence electrons. The zero-order valence-electron chi connectivity index (χ0n) is 13.8. The van der Waals surface area contributed by atoms with E-state index in [9.17, 15) is 14.7 Å². The van der Waals surface area contributed by atoms with Gasteiger partial charge >= 0.3 is 5.97 Å². The molecule has 4 heteroatoms. The molecule has 0 aliphatic heterocycles. The molecule has 1 unspecified atom stereocenters. The Hall–Kier alpha value is -1.06. The first kappa shape index (κ1) is 18.0. The van der Waals surface area contributed by atoms with Crippen molar-refractivity contribution in [3.63, 3.8) is 0 Å². The molecule has 1 N–H and O–H groups in total. The fraction of sp³-hybridized carbons (Fsp3) is 0.882. The van der Waals surface area contributed by atoms with E-state index in [2.05, 4.69) is 20.8 Å². The average Bonchev–Trinajstić information content (AvgIpc) is 2.91. The molecule has 0 radical (unpaired) electrons. The van der Waals surface area contributed by atoms with Gasteiger partial charge in [0.2, 0.25) is 5.91 Å². The summed E-state index contributed by atoms with van der Waals surface area (Å²) in [4.78, 5) is 26.2. The Morgan fingerprint density at radius 2 is 1.52 bits per heavy atom. The third kappa shape index (κ3) is 5.01. The number of rotatable bonds is 9. The molecular formula is C17H31NO3. The van der Waals surface area contributed by atoms with Gasteiger partial charge in [-0.3, -0.25) is 9.59 Å². The van der Waals surface area contributed by atoms with Gasteiger partial charge in [-0.2, -0.15) is 0 Å². The highest BCUT2D eigenvalue weighted by atomic mass is 16.4. The highest BCUT2D eigenvalue weighted by Gasteiger charge is 2.43. The Bertz CT molecular complexity index is 335. The number of hydrogen-bond donors (Lipinski definition) is 1. The van der Waals surface area contributed by atoms with E-state index in [4.69, 9.17) is 0 Å². The summed E-state index contributed by atoms with van der Waals surface area (Å²) >= 11 is 0. The molecule has 1 aliphatic rings. The van der Waals surface area contributed by atoms with Crippen LogP contribution in [0.25, 0.3) is 0 Å². The van der Waals surface area contributed by atoms with Crippen LogP contribution in [0.1, 0.15) is 65.7 Å². The van der Waals surface area contributed by atoms with Crippen molar-refractivity contribution in [3.05, 3.63) is 0 Å². The number of unbranched alkanes of at least 4 members (excludes halogenated alkanes) is 2. The first-order valence-corrected chi connectivity index (χ1v) is 8.56. The monoisotopic (exact) mass is 297 g/mol. The zero-order valence-corrected chi connectivity index (χ0v) is 13.8. The maximum absolute atomic E-state index is 12.8. The third-order valence-corrected chi connectivity index (χ3v) is 4.75. The van der Waals surface area contributed by atoms with Crippen molar-refractivity contribution in [2.45, 2.75) is 65.7 Å². The Kier molecular flexibility index (Phi) is 7.76. The maximum atomic E-state index is 12.8. The number of amides is 1. The fourth-order valence-corrected chi connectivity index (χ4v) is 3.29. The van der Waals surface area contributed by atoms with Crippen LogP contribution >= 0.6 is 0 Å². The highest BCUT2D eigenvalue weighted by Crippen LogP contribution is 2.39. The first-order chi connectivity index (χ1) is 10.0. The van der Waals surface area contributed by atoms with Crippen LogP contribution in [0.4, 0.5) is 0 Å². The summed E-state index contributed by atoms with van der Waals surface area (Å²) in [5, 5.41) is 9.41. The molecular weight excluding hydrogens is 266 g/mol. The van der Waals surface area contributed by atoms with Gasteiger partial charge in [-0.05, 0) is 31.6 Å². The number of carboxylic acid groups (broad SMARTS) is 1. The van der Waals surface area contributed by atoms with Gasteiger partial charge in [0.15, 0.2) is 0 Å². The van der Waals surface area contributed by atoms with Crippen molar-refractivity contribution in [2.75, 3.05) is 13.1 Å². The van der Waals surface area contributed by atoms with Crippen molar-refractivity contribution in [3.8, 4) is 0 Å². The van der Waals surface area contributed by atoms with Gasteiger partial charge in [-0.15, -0.1) is 0 Å². The topological polar surface area (TPSA) is 57.6 Å². The summed E-state index contributed by atoms with van der Waals surface area (Å²) in [6.45, 7) is 7.86. The number of aliphatic carboxylic acids is 1. The Morgan fingerprint density at radius 1 is 1.00 bits per heavy atom. The minimum Gasteiger partial charge on any atom is -0.481 e. The Balaban J connectivity index is 2.76. The van der Waals surface area contributed by atoms with E-state index in [0.29, 0.717) is 12.3 Å². The minimum absolute atomic E-state index is 0.0836. The molecule has 1 amide bonds. The SMILES string of the molecule is CCCCN(CCCC)C(=O)[C@H]1CC(CC)C[C@H]1C(=O)O. The molecule has 0 aromatic rings. The van der Waals surface area contributed by atoms with Crippen LogP contribution in [0.3, 0.4) is 0 Å². The summed E-state index contributed by atoms with van der Waals surface area (Å²) in [6.07, 6.45) is 6.49. The molecule has 21 heavy (non-hydrogen) atoms. The predicted octanol–water partition coefficient (Wildman–Crippen LogP) is 3.55. The summed E-state index contributed by atoms with van der Waals surface area (Å²) < 4.78 is 0. The Labute approximate surface area is 128 Å². The van der Waals surface area contributed by atoms with Crippen molar-refractivity contribution in [1.82, 2.24) is 4.90 Å². The minimum atomic E-state index is -0.796. The molecule has 0 aromatic heterocycles. The second-order valence-corrected chi connectivity index (χ2v) is 6.33. The predicted molar refractivity (Wildman–Crippen MR) is 84.0 cm³/mol. The smallest absolute Gasteiger partial charge is 0.307 e. The fourth-order valence-electron chi connectivity index (χ4n) is 3.29. The molecule has 3 atom stereocenters. The maximum Gasteiger partial charge on any atom is 0.307 e. The molecule has 1 rings (SSSR count). The largest absolute Gasteiger partial charge is 0.481 e. The summed E-state index contributed by atoms with van der Waals surface area (Å²) in [5.41, 5.74) is 0. The normalized spacial score (nSPS) is 25.0. The van der Waals surface area contributed by atoms with E-state index in [-0.39, 0.29) is 11.8 Å². The van der Waals surface area contributed by atoms with E-state index in [1.807, 2.05) is 4.90 Å². The number of nitrogens with zero attached hydrogens (tertiary/aromatic N) is 1. The standard InChI is InChI=1S/C17H31NO3/c1-4-7-9-18(10-8-5-2)16(19)14-11-13(6-3)12-15(14)17(20)21/h13-15H,4-12H2,1-3H3,(H,20,21)/t13?,14-,15+/m0/s1. The van der Waals surface area contributed by atoms with Crippen molar-refractivity contribution in [1.29, 1.82) is 0 Å². The molecule has 0 spiro atoms. The van der Waals surface area contributed by atoms with Gasteiger partial charge in [0, 0.05) is 13.1 Å². The summed E-state index contributed by atoms with van der Waals surface area (Å²) in [5.74, 6) is -1.11. The summed E-state index contributed by atoms with van der Waals surface area (Å²) in [7, 11) is 0. The highest BCUT2D eigenvalue weighted by molar-refractivity contribution is 5.85. The molecule has 0 aromatic carbocycles. The second kappa shape index (κ2) is 9.06. The molecule has 0 bridgehead atoms. The van der Waals surface area contributed by atoms with Crippen molar-refractivity contribution >= 4 is 11.9 Å². The van der Waals surface area contributed by atoms with Crippen LogP contribution in [0.15, 0.2) is 0 Å². The van der Waals surface area contributed by atoms with Crippen LogP contribution in [0, 0.1) is 17.8 Å². The van der Waals surface area contributed by atoms with E-state index in [1.54, 1.807) is 0 Å². The zero-order chi connectivity index (χ0) is 15.8. The first-order valence-electron chi connectivity index (χ1n) is 8.56. The van der Waals surface area contributed by atoms with Crippen molar-refractivity contribution in [2.24, 2.45) is 17.8 Å². The number of hydrogen-bond acceptors (Lipinski definition) is 2. The van der Waals surface area contributed by atoms with E-state index in [1.165, 1.54) is 0 Å². The van der Waals surface area contributed by atoms with Gasteiger partial charge in [-0.25, -0.2) is 0 Å². The van der Waals surface area contributed by atoms with Gasteiger partial charge in [0.05, 0.1) is 11.8 Å². The van der Waals surface area contributed by atoms with Crippen LogP contribution in [0.2, 0.25) is 0 Å². The molecule has 1 saturated carbocycles. The van der Waals surface area contributed by atoms with E-state index < -0.39 is 11.9 Å². The molecule has 0 saturated heterocycles. The van der Waals surface area contributed by atoms with Gasteiger partial charge in [0.25, 0.3) is 0 Å². The van der Waals surface area contributed by atoms with E-state index >= 15 is 0 Å². The van der Waals surface area contributed by atoms with Gasteiger partial charge < -0.3 is 10.0 Å². The van der Waals surface area contributed by atoms with Crippen LogP contribution in [0.5, 0.6) is 0 Å². The lowest BCUT2D eigenvalue weighted by Gasteiger charge is -2.27. The van der Waals surface area contributed by atoms with Crippen LogP contribution < -0.4 is 0 Å². The molecule has 1 aliphatic carbocycles. The number of carboxylic acids is 1. The quantitative estimate of drug-likeness (QED) is 0.708. The second-order valence-electron chi connectivity index (χ2n) is 6.33. The lowest BCUT2D eigenvalue weighted by Crippen LogP contribution is -2.40. The molecule has 1 fully saturated rings. The average molecular weight is 297 g/mol. The molecule has 0 heterocycles. The van der Waals surface area contributed by atoms with Crippen LogP contribution in [-0.4, -0.2) is 35.0 Å². The Morgan fingerprint density at radius 3 is 1.95 bits per heavy atom. The van der Waals surface area contributed by atoms with Crippen LogP contribution in [-0.2, 0) is 9.59 Å². The third-order valence-electron chi connectivity index (χ3n) is 4.75. The van der Waals surface area contributed by atoms with Crippen molar-refractivity contribution < 1.29 is 14.7 Å². The number of carbonyl (C=O) groups is 2. The number of carbonyl (C=O) groups excluding carboxylic acids is 1. The van der Waals surface area contributed by atoms with E-state index in [0.717, 1.165) is 51.6 Å². The van der Waals surface area contributed by atoms with Gasteiger partial charge in [-0.1, -0.05) is 40.0 Å². The molecule has 4 nitrogen and oxygen atoms in total. The van der Waals surface area contributed by atoms with Gasteiger partial charge in [0.1, 0.15) is 0 Å². The summed E-state index contributed by atoms with van der Waals surface area (Å²) in [6, 6.07) is 0. The lowest BCUT2D eigenvalue weighted by atomic mass is 9.94. The lowest BCUT2D eigenvalue weighted by molar-refractivity contribution is -0.149.